The van der Waals surface area contributed by atoms with Crippen molar-refractivity contribution in [2.75, 3.05) is 18.5 Å². The van der Waals surface area contributed by atoms with Gasteiger partial charge in [-0.05, 0) is 24.3 Å². The predicted octanol–water partition coefficient (Wildman–Crippen LogP) is 3.32. The van der Waals surface area contributed by atoms with Gasteiger partial charge in [0.2, 0.25) is 0 Å². The maximum absolute atomic E-state index is 12.3. The second-order valence-corrected chi connectivity index (χ2v) is 4.65. The van der Waals surface area contributed by atoms with E-state index in [-0.39, 0.29) is 6.54 Å². The van der Waals surface area contributed by atoms with Crippen molar-refractivity contribution in [2.45, 2.75) is 11.0 Å². The Balaban J connectivity index is 2.70. The number of nitriles is 1. The Labute approximate surface area is 106 Å². The molecule has 1 aromatic carbocycles. The van der Waals surface area contributed by atoms with Crippen molar-refractivity contribution in [2.24, 2.45) is 0 Å². The summed E-state index contributed by atoms with van der Waals surface area (Å²) in [5, 5.41) is 8.60. The number of hydrogen-bond acceptors (Lipinski definition) is 2. The first kappa shape index (κ1) is 13.8. The van der Waals surface area contributed by atoms with Gasteiger partial charge in [0.15, 0.2) is 0 Å². The molecule has 6 heteroatoms. The molecule has 1 rings (SSSR count). The normalized spacial score (nSPS) is 12.9. The minimum absolute atomic E-state index is 0.185. The number of halogens is 4. The third-order valence-electron chi connectivity index (χ3n) is 2.23. The average Bonchev–Trinajstić information content (AvgIpc) is 2.27. The average molecular weight is 307 g/mol. The van der Waals surface area contributed by atoms with Crippen LogP contribution in [-0.4, -0.2) is 24.6 Å². The van der Waals surface area contributed by atoms with Gasteiger partial charge in [0.05, 0.1) is 11.6 Å². The molecule has 1 unspecified atom stereocenters. The molecular weight excluding hydrogens is 297 g/mol. The fourth-order valence-corrected chi connectivity index (χ4v) is 1.67. The molecule has 0 radical (unpaired) electrons. The lowest BCUT2D eigenvalue weighted by atomic mass is 10.2. The Morgan fingerprint density at radius 2 is 1.88 bits per heavy atom. The minimum atomic E-state index is -4.26. The van der Waals surface area contributed by atoms with E-state index in [4.69, 9.17) is 5.26 Å². The third-order valence-corrected chi connectivity index (χ3v) is 3.04. The summed E-state index contributed by atoms with van der Waals surface area (Å²) in [5.41, 5.74) is 1.12. The molecule has 1 aromatic rings. The lowest BCUT2D eigenvalue weighted by molar-refractivity contribution is -0.125. The molecule has 0 aliphatic carbocycles. The minimum Gasteiger partial charge on any atom is -0.373 e. The highest BCUT2D eigenvalue weighted by Gasteiger charge is 2.38. The lowest BCUT2D eigenvalue weighted by Gasteiger charge is -2.23. The van der Waals surface area contributed by atoms with Crippen molar-refractivity contribution in [3.8, 4) is 6.07 Å². The maximum Gasteiger partial charge on any atom is 0.402 e. The molecule has 0 saturated carbocycles. The van der Waals surface area contributed by atoms with Gasteiger partial charge in [-0.3, -0.25) is 0 Å². The predicted molar refractivity (Wildman–Crippen MR) is 63.2 cm³/mol. The van der Waals surface area contributed by atoms with Crippen molar-refractivity contribution in [3.63, 3.8) is 0 Å². The summed E-state index contributed by atoms with van der Waals surface area (Å²) in [6.45, 7) is -0.185. The van der Waals surface area contributed by atoms with Crippen LogP contribution in [-0.2, 0) is 0 Å². The zero-order chi connectivity index (χ0) is 13.1. The van der Waals surface area contributed by atoms with Crippen LogP contribution in [0.25, 0.3) is 0 Å². The van der Waals surface area contributed by atoms with Crippen LogP contribution in [0.3, 0.4) is 0 Å². The highest BCUT2D eigenvalue weighted by molar-refractivity contribution is 9.09. The zero-order valence-electron chi connectivity index (χ0n) is 9.00. The highest BCUT2D eigenvalue weighted by Crippen LogP contribution is 2.28. The van der Waals surface area contributed by atoms with Crippen molar-refractivity contribution in [1.29, 1.82) is 5.26 Å². The second kappa shape index (κ2) is 5.41. The molecule has 0 N–H and O–H groups in total. The van der Waals surface area contributed by atoms with Crippen LogP contribution in [0.2, 0.25) is 0 Å². The second-order valence-electron chi connectivity index (χ2n) is 3.55. The molecule has 0 saturated heterocycles. The SMILES string of the molecule is CN(CC(Br)C(F)(F)F)c1ccc(C#N)cc1. The van der Waals surface area contributed by atoms with Crippen molar-refractivity contribution in [3.05, 3.63) is 29.8 Å². The standard InChI is InChI=1S/C11H10BrF3N2/c1-17(7-10(12)11(13,14)15)9-4-2-8(6-16)3-5-9/h2-5,10H,7H2,1H3. The van der Waals surface area contributed by atoms with Gasteiger partial charge in [-0.25, -0.2) is 0 Å². The molecule has 0 fully saturated rings. The van der Waals surface area contributed by atoms with E-state index in [1.807, 2.05) is 6.07 Å². The molecule has 2 nitrogen and oxygen atoms in total. The summed E-state index contributed by atoms with van der Waals surface area (Å²) in [6, 6.07) is 8.33. The quantitative estimate of drug-likeness (QED) is 0.801. The number of anilines is 1. The molecule has 17 heavy (non-hydrogen) atoms. The Bertz CT molecular complexity index is 408. The van der Waals surface area contributed by atoms with Crippen LogP contribution < -0.4 is 4.90 Å². The van der Waals surface area contributed by atoms with E-state index in [1.54, 1.807) is 31.3 Å². The molecule has 0 heterocycles. The molecule has 0 aromatic heterocycles. The smallest absolute Gasteiger partial charge is 0.373 e. The molecule has 0 spiro atoms. The van der Waals surface area contributed by atoms with Crippen LogP contribution in [0.15, 0.2) is 24.3 Å². The van der Waals surface area contributed by atoms with Gasteiger partial charge in [-0.2, -0.15) is 18.4 Å². The topological polar surface area (TPSA) is 27.0 Å². The molecular formula is C11H10BrF3N2. The van der Waals surface area contributed by atoms with Crippen LogP contribution in [0.4, 0.5) is 18.9 Å². The van der Waals surface area contributed by atoms with Crippen molar-refractivity contribution < 1.29 is 13.2 Å². The van der Waals surface area contributed by atoms with E-state index < -0.39 is 11.0 Å². The third kappa shape index (κ3) is 3.93. The Hall–Kier alpha value is -1.22. The monoisotopic (exact) mass is 306 g/mol. The van der Waals surface area contributed by atoms with Crippen molar-refractivity contribution >= 4 is 21.6 Å². The van der Waals surface area contributed by atoms with E-state index in [2.05, 4.69) is 15.9 Å². The molecule has 92 valence electrons. The van der Waals surface area contributed by atoms with Gasteiger partial charge in [0.25, 0.3) is 0 Å². The summed E-state index contributed by atoms with van der Waals surface area (Å²) in [4.78, 5) is -0.0933. The van der Waals surface area contributed by atoms with Gasteiger partial charge >= 0.3 is 6.18 Å². The first-order valence-electron chi connectivity index (χ1n) is 4.76. The van der Waals surface area contributed by atoms with E-state index in [0.717, 1.165) is 0 Å². The van der Waals surface area contributed by atoms with E-state index >= 15 is 0 Å². The number of benzene rings is 1. The summed E-state index contributed by atoms with van der Waals surface area (Å²) in [6.07, 6.45) is -4.26. The molecule has 0 aliphatic rings. The Kier molecular flexibility index (Phi) is 4.40. The van der Waals surface area contributed by atoms with Crippen LogP contribution in [0.1, 0.15) is 5.56 Å². The maximum atomic E-state index is 12.3. The van der Waals surface area contributed by atoms with Gasteiger partial charge in [-0.15, -0.1) is 0 Å². The molecule has 0 bridgehead atoms. The first-order valence-corrected chi connectivity index (χ1v) is 5.68. The summed E-state index contributed by atoms with van der Waals surface area (Å²) in [7, 11) is 1.57. The fraction of sp³-hybridized carbons (Fsp3) is 0.364. The van der Waals surface area contributed by atoms with Crippen molar-refractivity contribution in [1.82, 2.24) is 0 Å². The highest BCUT2D eigenvalue weighted by atomic mass is 79.9. The fourth-order valence-electron chi connectivity index (χ4n) is 1.24. The number of alkyl halides is 4. The van der Waals surface area contributed by atoms with Gasteiger partial charge in [0, 0.05) is 19.3 Å². The van der Waals surface area contributed by atoms with Gasteiger partial charge in [0.1, 0.15) is 4.83 Å². The van der Waals surface area contributed by atoms with Crippen LogP contribution in [0.5, 0.6) is 0 Å². The number of rotatable bonds is 3. The first-order chi connectivity index (χ1) is 7.84. The summed E-state index contributed by atoms with van der Waals surface area (Å²) < 4.78 is 37.0. The molecule has 0 aliphatic heterocycles. The van der Waals surface area contributed by atoms with Gasteiger partial charge < -0.3 is 4.90 Å². The van der Waals surface area contributed by atoms with E-state index in [0.29, 0.717) is 11.3 Å². The number of nitrogens with zero attached hydrogens (tertiary/aromatic N) is 2. The summed E-state index contributed by atoms with van der Waals surface area (Å²) in [5.74, 6) is 0. The molecule has 0 amide bonds. The van der Waals surface area contributed by atoms with Crippen LogP contribution in [0, 0.1) is 11.3 Å². The van der Waals surface area contributed by atoms with Crippen LogP contribution >= 0.6 is 15.9 Å². The van der Waals surface area contributed by atoms with Gasteiger partial charge in [-0.1, -0.05) is 15.9 Å². The Morgan fingerprint density at radius 1 is 1.35 bits per heavy atom. The number of hydrogen-bond donors (Lipinski definition) is 0. The molecule has 1 atom stereocenters. The Morgan fingerprint density at radius 3 is 2.29 bits per heavy atom. The van der Waals surface area contributed by atoms with E-state index in [1.165, 1.54) is 4.90 Å². The van der Waals surface area contributed by atoms with E-state index in [9.17, 15) is 13.2 Å². The largest absolute Gasteiger partial charge is 0.402 e. The zero-order valence-corrected chi connectivity index (χ0v) is 10.6. The lowest BCUT2D eigenvalue weighted by Crippen LogP contribution is -2.35. The summed E-state index contributed by atoms with van der Waals surface area (Å²) >= 11 is 2.61.